The fourth-order valence-electron chi connectivity index (χ4n) is 2.12. The second-order valence-electron chi connectivity index (χ2n) is 6.49. The predicted octanol–water partition coefficient (Wildman–Crippen LogP) is 3.54. The maximum atomic E-state index is 12.4. The minimum absolute atomic E-state index is 0.0313. The highest BCUT2D eigenvalue weighted by atomic mass is 16.5. The Labute approximate surface area is 140 Å². The molecule has 5 heteroatoms. The van der Waals surface area contributed by atoms with Gasteiger partial charge in [-0.2, -0.15) is 0 Å². The van der Waals surface area contributed by atoms with Gasteiger partial charge in [0.05, 0.1) is 17.8 Å². The van der Waals surface area contributed by atoms with Crippen molar-refractivity contribution in [1.82, 2.24) is 9.88 Å². The predicted molar refractivity (Wildman–Crippen MR) is 91.9 cm³/mol. The van der Waals surface area contributed by atoms with Crippen molar-refractivity contribution in [2.75, 3.05) is 26.3 Å². The normalized spacial score (nSPS) is 11.3. The van der Waals surface area contributed by atoms with E-state index in [9.17, 15) is 4.79 Å². The lowest BCUT2D eigenvalue weighted by atomic mass is 10.2. The Bertz CT molecular complexity index is 460. The lowest BCUT2D eigenvalue weighted by Gasteiger charge is -2.21. The third-order valence-electron chi connectivity index (χ3n) is 3.13. The van der Waals surface area contributed by atoms with Crippen LogP contribution in [0.5, 0.6) is 5.88 Å². The molecule has 0 saturated carbocycles. The van der Waals surface area contributed by atoms with Gasteiger partial charge < -0.3 is 14.4 Å². The first-order chi connectivity index (χ1) is 10.9. The molecule has 0 aliphatic carbocycles. The Kier molecular flexibility index (Phi) is 8.03. The van der Waals surface area contributed by atoms with E-state index in [0.717, 1.165) is 25.9 Å². The summed E-state index contributed by atoms with van der Waals surface area (Å²) < 4.78 is 11.1. The van der Waals surface area contributed by atoms with Crippen molar-refractivity contribution < 1.29 is 14.3 Å². The van der Waals surface area contributed by atoms with Crippen LogP contribution < -0.4 is 4.74 Å². The Morgan fingerprint density at radius 1 is 1.13 bits per heavy atom. The van der Waals surface area contributed by atoms with Gasteiger partial charge in [0.2, 0.25) is 5.88 Å². The fourth-order valence-corrected chi connectivity index (χ4v) is 2.12. The van der Waals surface area contributed by atoms with Crippen LogP contribution in [0.25, 0.3) is 0 Å². The minimum atomic E-state index is -0.172. The highest BCUT2D eigenvalue weighted by molar-refractivity contribution is 5.93. The van der Waals surface area contributed by atoms with Gasteiger partial charge in [-0.1, -0.05) is 13.8 Å². The third kappa shape index (κ3) is 7.46. The van der Waals surface area contributed by atoms with Crippen LogP contribution in [0.3, 0.4) is 0 Å². The minimum Gasteiger partial charge on any atom is -0.475 e. The molecule has 0 fully saturated rings. The van der Waals surface area contributed by atoms with Crippen LogP contribution in [0.1, 0.15) is 57.8 Å². The molecule has 0 saturated heterocycles. The standard InChI is InChI=1S/C18H30N2O3/c1-6-10-20(11-7-2)17(21)15-8-9-16(19-14-15)22-12-13-23-18(3,4)5/h8-9,14H,6-7,10-13H2,1-5H3. The molecule has 1 amide bonds. The van der Waals surface area contributed by atoms with Gasteiger partial charge in [-0.15, -0.1) is 0 Å². The van der Waals surface area contributed by atoms with Crippen molar-refractivity contribution in [2.45, 2.75) is 53.1 Å². The lowest BCUT2D eigenvalue weighted by molar-refractivity contribution is -0.0168. The van der Waals surface area contributed by atoms with E-state index < -0.39 is 0 Å². The highest BCUT2D eigenvalue weighted by Crippen LogP contribution is 2.11. The number of nitrogens with zero attached hydrogens (tertiary/aromatic N) is 2. The number of hydrogen-bond acceptors (Lipinski definition) is 4. The van der Waals surface area contributed by atoms with E-state index in [4.69, 9.17) is 9.47 Å². The fraction of sp³-hybridized carbons (Fsp3) is 0.667. The van der Waals surface area contributed by atoms with Crippen molar-refractivity contribution in [2.24, 2.45) is 0 Å². The summed E-state index contributed by atoms with van der Waals surface area (Å²) in [6.45, 7) is 12.7. The van der Waals surface area contributed by atoms with Crippen LogP contribution in [0.15, 0.2) is 18.3 Å². The molecule has 1 aromatic rings. The van der Waals surface area contributed by atoms with Gasteiger partial charge in [-0.05, 0) is 39.7 Å². The third-order valence-corrected chi connectivity index (χ3v) is 3.13. The first-order valence-electron chi connectivity index (χ1n) is 8.39. The molecule has 0 aliphatic heterocycles. The average Bonchev–Trinajstić information content (AvgIpc) is 2.50. The first kappa shape index (κ1) is 19.4. The molecule has 23 heavy (non-hydrogen) atoms. The summed E-state index contributed by atoms with van der Waals surface area (Å²) in [6, 6.07) is 3.51. The Hall–Kier alpha value is -1.62. The maximum Gasteiger partial charge on any atom is 0.255 e. The monoisotopic (exact) mass is 322 g/mol. The van der Waals surface area contributed by atoms with E-state index in [-0.39, 0.29) is 11.5 Å². The molecule has 0 N–H and O–H groups in total. The van der Waals surface area contributed by atoms with Gasteiger partial charge >= 0.3 is 0 Å². The van der Waals surface area contributed by atoms with Crippen molar-refractivity contribution in [3.8, 4) is 5.88 Å². The molecule has 0 atom stereocenters. The molecule has 0 bridgehead atoms. The van der Waals surface area contributed by atoms with Gasteiger partial charge in [-0.3, -0.25) is 4.79 Å². The number of pyridine rings is 1. The lowest BCUT2D eigenvalue weighted by Crippen LogP contribution is -2.32. The summed E-state index contributed by atoms with van der Waals surface area (Å²) in [5.74, 6) is 0.542. The smallest absolute Gasteiger partial charge is 0.255 e. The van der Waals surface area contributed by atoms with E-state index in [1.165, 1.54) is 0 Å². The summed E-state index contributed by atoms with van der Waals surface area (Å²) in [5.41, 5.74) is 0.430. The Morgan fingerprint density at radius 3 is 2.26 bits per heavy atom. The largest absolute Gasteiger partial charge is 0.475 e. The van der Waals surface area contributed by atoms with Gasteiger partial charge in [0.25, 0.3) is 5.91 Å². The van der Waals surface area contributed by atoms with Crippen LogP contribution in [0.2, 0.25) is 0 Å². The summed E-state index contributed by atoms with van der Waals surface area (Å²) >= 11 is 0. The molecule has 1 heterocycles. The maximum absolute atomic E-state index is 12.4. The molecule has 0 radical (unpaired) electrons. The van der Waals surface area contributed by atoms with Crippen molar-refractivity contribution in [3.63, 3.8) is 0 Å². The molecule has 0 spiro atoms. The number of hydrogen-bond donors (Lipinski definition) is 0. The quantitative estimate of drug-likeness (QED) is 0.653. The van der Waals surface area contributed by atoms with Crippen molar-refractivity contribution in [1.29, 1.82) is 0 Å². The molecule has 130 valence electrons. The topological polar surface area (TPSA) is 51.7 Å². The Balaban J connectivity index is 2.53. The summed E-state index contributed by atoms with van der Waals surface area (Å²) in [7, 11) is 0. The average molecular weight is 322 g/mol. The van der Waals surface area contributed by atoms with Gasteiger partial charge in [0.1, 0.15) is 6.61 Å². The van der Waals surface area contributed by atoms with Gasteiger partial charge in [0.15, 0.2) is 0 Å². The number of carbonyl (C=O) groups is 1. The van der Waals surface area contributed by atoms with Crippen LogP contribution in [0, 0.1) is 0 Å². The van der Waals surface area contributed by atoms with Crippen LogP contribution in [-0.2, 0) is 4.74 Å². The van der Waals surface area contributed by atoms with E-state index in [2.05, 4.69) is 18.8 Å². The second kappa shape index (κ2) is 9.50. The molecule has 1 rings (SSSR count). The molecular formula is C18H30N2O3. The zero-order valence-corrected chi connectivity index (χ0v) is 15.1. The molecule has 1 aromatic heterocycles. The molecule has 5 nitrogen and oxygen atoms in total. The van der Waals surface area contributed by atoms with E-state index in [0.29, 0.717) is 24.7 Å². The molecule has 0 aliphatic rings. The van der Waals surface area contributed by atoms with Crippen LogP contribution >= 0.6 is 0 Å². The molecule has 0 unspecified atom stereocenters. The zero-order valence-electron chi connectivity index (χ0n) is 15.1. The van der Waals surface area contributed by atoms with Gasteiger partial charge in [-0.25, -0.2) is 4.98 Å². The molecule has 0 aromatic carbocycles. The van der Waals surface area contributed by atoms with Crippen LogP contribution in [0.4, 0.5) is 0 Å². The summed E-state index contributed by atoms with van der Waals surface area (Å²) in [4.78, 5) is 18.5. The Morgan fingerprint density at radius 2 is 1.78 bits per heavy atom. The van der Waals surface area contributed by atoms with E-state index >= 15 is 0 Å². The van der Waals surface area contributed by atoms with Gasteiger partial charge in [0, 0.05) is 25.4 Å². The molecular weight excluding hydrogens is 292 g/mol. The van der Waals surface area contributed by atoms with Crippen molar-refractivity contribution >= 4 is 5.91 Å². The number of carbonyl (C=O) groups excluding carboxylic acids is 1. The zero-order chi connectivity index (χ0) is 17.3. The summed E-state index contributed by atoms with van der Waals surface area (Å²) in [6.07, 6.45) is 3.49. The second-order valence-corrected chi connectivity index (χ2v) is 6.49. The van der Waals surface area contributed by atoms with E-state index in [1.54, 1.807) is 18.3 Å². The number of amides is 1. The van der Waals surface area contributed by atoms with Crippen molar-refractivity contribution in [3.05, 3.63) is 23.9 Å². The van der Waals surface area contributed by atoms with E-state index in [1.807, 2.05) is 25.7 Å². The number of aromatic nitrogens is 1. The number of rotatable bonds is 9. The van der Waals surface area contributed by atoms with Crippen LogP contribution in [-0.4, -0.2) is 47.7 Å². The SMILES string of the molecule is CCCN(CCC)C(=O)c1ccc(OCCOC(C)(C)C)nc1. The number of ether oxygens (including phenoxy) is 2. The first-order valence-corrected chi connectivity index (χ1v) is 8.39. The highest BCUT2D eigenvalue weighted by Gasteiger charge is 2.14. The summed E-state index contributed by atoms with van der Waals surface area (Å²) in [5, 5.41) is 0.